The van der Waals surface area contributed by atoms with Gasteiger partial charge in [-0.15, -0.1) is 0 Å². The molecule has 0 unspecified atom stereocenters. The van der Waals surface area contributed by atoms with E-state index in [1.807, 2.05) is 43.3 Å². The lowest BCUT2D eigenvalue weighted by Crippen LogP contribution is -1.91. The van der Waals surface area contributed by atoms with Gasteiger partial charge in [0, 0.05) is 16.6 Å². The molecule has 0 fully saturated rings. The van der Waals surface area contributed by atoms with Gasteiger partial charge < -0.3 is 10.5 Å². The van der Waals surface area contributed by atoms with Crippen LogP contribution in [-0.4, -0.2) is 12.1 Å². The van der Waals surface area contributed by atoms with Gasteiger partial charge >= 0.3 is 0 Å². The maximum absolute atomic E-state index is 5.85. The van der Waals surface area contributed by atoms with E-state index < -0.39 is 0 Å². The Hall–Kier alpha value is -2.55. The van der Waals surface area contributed by atoms with Gasteiger partial charge in [0.2, 0.25) is 0 Å². The fraction of sp³-hybridized carbons (Fsp3) is 0.118. The molecule has 0 aliphatic heterocycles. The van der Waals surface area contributed by atoms with E-state index in [1.165, 1.54) is 0 Å². The van der Waals surface area contributed by atoms with Gasteiger partial charge in [0.15, 0.2) is 0 Å². The van der Waals surface area contributed by atoms with Gasteiger partial charge in [-0.1, -0.05) is 12.1 Å². The number of rotatable bonds is 2. The van der Waals surface area contributed by atoms with Gasteiger partial charge in [-0.2, -0.15) is 0 Å². The highest BCUT2D eigenvalue weighted by atomic mass is 16.5. The van der Waals surface area contributed by atoms with E-state index in [1.54, 1.807) is 7.11 Å². The summed E-state index contributed by atoms with van der Waals surface area (Å²) < 4.78 is 5.22. The van der Waals surface area contributed by atoms with Gasteiger partial charge in [0.25, 0.3) is 0 Å². The van der Waals surface area contributed by atoms with Crippen molar-refractivity contribution in [3.8, 4) is 17.0 Å². The highest BCUT2D eigenvalue weighted by Gasteiger charge is 2.04. The molecular formula is C17H16N2O. The summed E-state index contributed by atoms with van der Waals surface area (Å²) in [5.74, 6) is 0.843. The van der Waals surface area contributed by atoms with Crippen molar-refractivity contribution in [3.05, 3.63) is 54.1 Å². The van der Waals surface area contributed by atoms with Crippen LogP contribution >= 0.6 is 0 Å². The number of nitrogens with two attached hydrogens (primary N) is 1. The third-order valence-corrected chi connectivity index (χ3v) is 3.46. The van der Waals surface area contributed by atoms with Crippen LogP contribution in [-0.2, 0) is 0 Å². The van der Waals surface area contributed by atoms with Gasteiger partial charge in [0.05, 0.1) is 18.3 Å². The van der Waals surface area contributed by atoms with Crippen LogP contribution in [0.15, 0.2) is 48.5 Å². The Balaban J connectivity index is 2.10. The molecule has 0 bridgehead atoms. The number of anilines is 1. The predicted octanol–water partition coefficient (Wildman–Crippen LogP) is 3.80. The first-order valence-corrected chi connectivity index (χ1v) is 6.49. The second-order valence-corrected chi connectivity index (χ2v) is 4.83. The average molecular weight is 264 g/mol. The Morgan fingerprint density at radius 2 is 1.85 bits per heavy atom. The number of ether oxygens (including phenoxy) is 1. The van der Waals surface area contributed by atoms with Crippen molar-refractivity contribution in [2.24, 2.45) is 0 Å². The van der Waals surface area contributed by atoms with Crippen LogP contribution < -0.4 is 10.5 Å². The fourth-order valence-corrected chi connectivity index (χ4v) is 2.23. The standard InChI is InChI=1S/C17H16N2O/c1-11-9-12(3-6-15(11)18)16-7-4-13-10-14(20-2)5-8-17(13)19-16/h3-10H,18H2,1-2H3. The Morgan fingerprint density at radius 1 is 1.00 bits per heavy atom. The van der Waals surface area contributed by atoms with E-state index in [0.29, 0.717) is 0 Å². The minimum atomic E-state index is 0.805. The van der Waals surface area contributed by atoms with E-state index in [2.05, 4.69) is 12.1 Å². The molecule has 3 aromatic rings. The maximum Gasteiger partial charge on any atom is 0.119 e. The van der Waals surface area contributed by atoms with Gasteiger partial charge in [-0.25, -0.2) is 4.98 Å². The quantitative estimate of drug-likeness (QED) is 0.716. The number of hydrogen-bond acceptors (Lipinski definition) is 3. The number of nitrogen functional groups attached to an aromatic ring is 1. The Morgan fingerprint density at radius 3 is 2.60 bits per heavy atom. The van der Waals surface area contributed by atoms with Crippen molar-refractivity contribution < 1.29 is 4.74 Å². The molecule has 2 aromatic carbocycles. The molecule has 0 radical (unpaired) electrons. The molecule has 1 heterocycles. The number of nitrogens with zero attached hydrogens (tertiary/aromatic N) is 1. The molecule has 100 valence electrons. The van der Waals surface area contributed by atoms with Crippen LogP contribution in [0, 0.1) is 6.92 Å². The van der Waals surface area contributed by atoms with E-state index in [4.69, 9.17) is 15.5 Å². The molecule has 1 aromatic heterocycles. The zero-order valence-electron chi connectivity index (χ0n) is 11.6. The van der Waals surface area contributed by atoms with Crippen LogP contribution in [0.1, 0.15) is 5.56 Å². The van der Waals surface area contributed by atoms with E-state index in [-0.39, 0.29) is 0 Å². The molecule has 3 heteroatoms. The summed E-state index contributed by atoms with van der Waals surface area (Å²) in [6.45, 7) is 2.00. The largest absolute Gasteiger partial charge is 0.497 e. The minimum Gasteiger partial charge on any atom is -0.497 e. The molecule has 0 saturated heterocycles. The summed E-state index contributed by atoms with van der Waals surface area (Å²) in [6.07, 6.45) is 0. The second-order valence-electron chi connectivity index (χ2n) is 4.83. The second kappa shape index (κ2) is 4.85. The summed E-state index contributed by atoms with van der Waals surface area (Å²) in [6, 6.07) is 16.0. The summed E-state index contributed by atoms with van der Waals surface area (Å²) in [4.78, 5) is 4.70. The van der Waals surface area contributed by atoms with Crippen LogP contribution in [0.25, 0.3) is 22.2 Å². The normalized spacial score (nSPS) is 10.7. The van der Waals surface area contributed by atoms with E-state index >= 15 is 0 Å². The minimum absolute atomic E-state index is 0.805. The van der Waals surface area contributed by atoms with Crippen molar-refractivity contribution >= 4 is 16.6 Å². The summed E-state index contributed by atoms with van der Waals surface area (Å²) in [5.41, 5.74) is 10.7. The van der Waals surface area contributed by atoms with Crippen molar-refractivity contribution in [1.82, 2.24) is 4.98 Å². The van der Waals surface area contributed by atoms with Crippen molar-refractivity contribution in [2.45, 2.75) is 6.92 Å². The lowest BCUT2D eigenvalue weighted by molar-refractivity contribution is 0.415. The summed E-state index contributed by atoms with van der Waals surface area (Å²) in [7, 11) is 1.67. The number of benzene rings is 2. The molecule has 0 atom stereocenters. The van der Waals surface area contributed by atoms with Gasteiger partial charge in [-0.05, 0) is 48.9 Å². The first-order valence-electron chi connectivity index (χ1n) is 6.49. The van der Waals surface area contributed by atoms with Gasteiger partial charge in [0.1, 0.15) is 5.75 Å². The average Bonchev–Trinajstić information content (AvgIpc) is 2.49. The van der Waals surface area contributed by atoms with Crippen LogP contribution in [0.2, 0.25) is 0 Å². The molecule has 2 N–H and O–H groups in total. The van der Waals surface area contributed by atoms with Crippen molar-refractivity contribution in [3.63, 3.8) is 0 Å². The van der Waals surface area contributed by atoms with E-state index in [0.717, 1.165) is 39.2 Å². The zero-order valence-corrected chi connectivity index (χ0v) is 11.6. The summed E-state index contributed by atoms with van der Waals surface area (Å²) >= 11 is 0. The molecule has 3 rings (SSSR count). The maximum atomic E-state index is 5.85. The van der Waals surface area contributed by atoms with Crippen molar-refractivity contribution in [2.75, 3.05) is 12.8 Å². The monoisotopic (exact) mass is 264 g/mol. The highest BCUT2D eigenvalue weighted by Crippen LogP contribution is 2.25. The number of pyridine rings is 1. The Kier molecular flexibility index (Phi) is 3.03. The smallest absolute Gasteiger partial charge is 0.119 e. The van der Waals surface area contributed by atoms with Crippen LogP contribution in [0.4, 0.5) is 5.69 Å². The van der Waals surface area contributed by atoms with Gasteiger partial charge in [-0.3, -0.25) is 0 Å². The molecule has 0 amide bonds. The number of hydrogen-bond donors (Lipinski definition) is 1. The Labute approximate surface area is 118 Å². The lowest BCUT2D eigenvalue weighted by Gasteiger charge is -2.07. The SMILES string of the molecule is COc1ccc2nc(-c3ccc(N)c(C)c3)ccc2c1. The van der Waals surface area contributed by atoms with E-state index in [9.17, 15) is 0 Å². The molecule has 0 saturated carbocycles. The highest BCUT2D eigenvalue weighted by molar-refractivity contribution is 5.83. The van der Waals surface area contributed by atoms with Crippen LogP contribution in [0.3, 0.4) is 0 Å². The molecule has 0 aliphatic rings. The number of methoxy groups -OCH3 is 1. The molecule has 0 spiro atoms. The molecule has 3 nitrogen and oxygen atoms in total. The first kappa shape index (κ1) is 12.5. The zero-order chi connectivity index (χ0) is 14.1. The predicted molar refractivity (Wildman–Crippen MR) is 82.9 cm³/mol. The molecular weight excluding hydrogens is 248 g/mol. The third-order valence-electron chi connectivity index (χ3n) is 3.46. The molecule has 0 aliphatic carbocycles. The number of aromatic nitrogens is 1. The topological polar surface area (TPSA) is 48.1 Å². The number of aryl methyl sites for hydroxylation is 1. The Bertz CT molecular complexity index is 781. The third kappa shape index (κ3) is 2.18. The van der Waals surface area contributed by atoms with Crippen molar-refractivity contribution in [1.29, 1.82) is 0 Å². The molecule has 20 heavy (non-hydrogen) atoms. The summed E-state index contributed by atoms with van der Waals surface area (Å²) in [5, 5.41) is 1.07. The first-order chi connectivity index (χ1) is 9.67. The number of fused-ring (bicyclic) bond motifs is 1. The lowest BCUT2D eigenvalue weighted by atomic mass is 10.1. The fourth-order valence-electron chi connectivity index (χ4n) is 2.23. The van der Waals surface area contributed by atoms with Crippen LogP contribution in [0.5, 0.6) is 5.75 Å².